The molecule has 0 aliphatic rings. The summed E-state index contributed by atoms with van der Waals surface area (Å²) in [5, 5.41) is 38.4. The molecule has 8 aromatic rings. The van der Waals surface area contributed by atoms with Crippen LogP contribution in [-0.2, 0) is 0 Å². The molecule has 0 aliphatic carbocycles. The maximum atomic E-state index is 11.2. The molecule has 4 N–H and O–H groups in total. The van der Waals surface area contributed by atoms with Gasteiger partial charge in [-0.3, -0.25) is 0 Å². The van der Waals surface area contributed by atoms with E-state index >= 15 is 0 Å². The first-order chi connectivity index (χ1) is 22.7. The lowest BCUT2D eigenvalue weighted by atomic mass is 9.91. The molecule has 46 heavy (non-hydrogen) atoms. The summed E-state index contributed by atoms with van der Waals surface area (Å²) in [4.78, 5) is 0. The van der Waals surface area contributed by atoms with Gasteiger partial charge in [0.1, 0.15) is 11.5 Å². The average Bonchev–Trinajstić information content (AvgIpc) is 3.10. The van der Waals surface area contributed by atoms with Crippen molar-refractivity contribution in [1.29, 1.82) is 0 Å². The average molecular weight is 597 g/mol. The Morgan fingerprint density at radius 2 is 0.630 bits per heavy atom. The first-order valence-corrected chi connectivity index (χ1v) is 15.6. The summed E-state index contributed by atoms with van der Waals surface area (Å²) in [5.74, 6) is 0.513. The third-order valence-corrected chi connectivity index (χ3v) is 8.93. The van der Waals surface area contributed by atoms with Crippen LogP contribution in [-0.4, -0.2) is 23.3 Å². The Hall–Kier alpha value is -6.00. The summed E-state index contributed by atoms with van der Waals surface area (Å²) < 4.78 is 0. The van der Waals surface area contributed by atoms with Gasteiger partial charge in [-0.05, 0) is 67.4 Å². The van der Waals surface area contributed by atoms with Gasteiger partial charge in [0.25, 0.3) is 0 Å². The smallest absolute Gasteiger partial charge is 0.124 e. The molecule has 0 radical (unpaired) electrons. The van der Waals surface area contributed by atoms with Crippen LogP contribution < -0.4 is 10.6 Å². The van der Waals surface area contributed by atoms with Gasteiger partial charge >= 0.3 is 0 Å². The zero-order valence-corrected chi connectivity index (χ0v) is 25.2. The zero-order valence-electron chi connectivity index (χ0n) is 25.2. The summed E-state index contributed by atoms with van der Waals surface area (Å²) in [6.45, 7) is 1.26. The van der Waals surface area contributed by atoms with Gasteiger partial charge in [0.05, 0.1) is 0 Å². The summed E-state index contributed by atoms with van der Waals surface area (Å²) in [5.41, 5.74) is 5.54. The Labute approximate surface area is 267 Å². The Kier molecular flexibility index (Phi) is 6.88. The predicted molar refractivity (Wildman–Crippen MR) is 194 cm³/mol. The van der Waals surface area contributed by atoms with Crippen molar-refractivity contribution < 1.29 is 10.2 Å². The van der Waals surface area contributed by atoms with Crippen LogP contribution in [0, 0.1) is 0 Å². The molecule has 8 rings (SSSR count). The quantitative estimate of drug-likeness (QED) is 0.138. The molecule has 0 atom stereocenters. The minimum Gasteiger partial charge on any atom is -0.507 e. The molecule has 4 nitrogen and oxygen atoms in total. The molecule has 0 unspecified atom stereocenters. The second-order valence-electron chi connectivity index (χ2n) is 11.6. The fourth-order valence-corrected chi connectivity index (χ4v) is 6.82. The third kappa shape index (κ3) is 4.72. The maximum Gasteiger partial charge on any atom is 0.124 e. The second-order valence-corrected chi connectivity index (χ2v) is 11.6. The number of benzene rings is 8. The van der Waals surface area contributed by atoms with Crippen molar-refractivity contribution in [2.45, 2.75) is 0 Å². The number of phenols is 2. The fraction of sp³-hybridized carbons (Fsp3) is 0.0476. The Bertz CT molecular complexity index is 2240. The van der Waals surface area contributed by atoms with E-state index in [2.05, 4.69) is 83.4 Å². The van der Waals surface area contributed by atoms with Crippen LogP contribution in [0.3, 0.4) is 0 Å². The van der Waals surface area contributed by atoms with E-state index in [1.54, 1.807) is 12.1 Å². The van der Waals surface area contributed by atoms with E-state index in [0.29, 0.717) is 13.1 Å². The topological polar surface area (TPSA) is 64.5 Å². The molecule has 0 heterocycles. The molecule has 0 fully saturated rings. The van der Waals surface area contributed by atoms with E-state index < -0.39 is 0 Å². The molecule has 4 heteroatoms. The van der Waals surface area contributed by atoms with Gasteiger partial charge in [0.15, 0.2) is 0 Å². The number of hydrogen-bond donors (Lipinski definition) is 4. The van der Waals surface area contributed by atoms with Crippen LogP contribution >= 0.6 is 0 Å². The summed E-state index contributed by atoms with van der Waals surface area (Å²) >= 11 is 0. The number of nitrogens with one attached hydrogen (secondary N) is 2. The normalized spacial score (nSPS) is 11.4. The van der Waals surface area contributed by atoms with E-state index in [-0.39, 0.29) is 11.5 Å². The van der Waals surface area contributed by atoms with Crippen molar-refractivity contribution in [2.75, 3.05) is 23.7 Å². The molecule has 0 saturated heterocycles. The van der Waals surface area contributed by atoms with E-state index in [1.807, 2.05) is 60.7 Å². The lowest BCUT2D eigenvalue weighted by Crippen LogP contribution is -2.15. The lowest BCUT2D eigenvalue weighted by molar-refractivity contribution is 0.477. The standard InChI is InChI=1S/C42H32N2O2/c45-37-23-19-29-11-3-7-15-33(29)41(37)39-31-13-5-1-9-27(31)17-21-35(39)43-25-26-44-36-22-18-28-10-2-6-14-32(28)40(36)42-34-16-8-4-12-30(34)20-24-38(42)46/h1-24,43-46H,25-26H2. The SMILES string of the molecule is Oc1ccc2ccccc2c1-c1c(NCCNc2ccc3ccccc3c2-c2c(O)ccc3ccccc23)ccc2ccccc12. The number of anilines is 2. The summed E-state index contributed by atoms with van der Waals surface area (Å²) in [6.07, 6.45) is 0. The molecule has 8 aromatic carbocycles. The van der Waals surface area contributed by atoms with Crippen LogP contribution in [0.4, 0.5) is 11.4 Å². The van der Waals surface area contributed by atoms with Gasteiger partial charge in [-0.15, -0.1) is 0 Å². The van der Waals surface area contributed by atoms with Gasteiger partial charge in [-0.1, -0.05) is 121 Å². The Balaban J connectivity index is 1.17. The van der Waals surface area contributed by atoms with Crippen LogP contribution in [0.2, 0.25) is 0 Å². The Morgan fingerprint density at radius 3 is 1.00 bits per heavy atom. The molecule has 0 aliphatic heterocycles. The highest BCUT2D eigenvalue weighted by atomic mass is 16.3. The highest BCUT2D eigenvalue weighted by Crippen LogP contribution is 2.45. The largest absolute Gasteiger partial charge is 0.507 e. The van der Waals surface area contributed by atoms with E-state index in [1.165, 1.54) is 0 Å². The number of fused-ring (bicyclic) bond motifs is 4. The molecule has 0 bridgehead atoms. The van der Waals surface area contributed by atoms with Crippen molar-refractivity contribution in [3.8, 4) is 33.8 Å². The van der Waals surface area contributed by atoms with Crippen molar-refractivity contribution in [1.82, 2.24) is 0 Å². The van der Waals surface area contributed by atoms with Crippen LogP contribution in [0.15, 0.2) is 146 Å². The maximum absolute atomic E-state index is 11.2. The zero-order chi connectivity index (χ0) is 31.0. The van der Waals surface area contributed by atoms with E-state index in [0.717, 1.165) is 76.7 Å². The molecule has 0 aromatic heterocycles. The molecular weight excluding hydrogens is 564 g/mol. The minimum absolute atomic E-state index is 0.256. The highest BCUT2D eigenvalue weighted by Gasteiger charge is 2.18. The van der Waals surface area contributed by atoms with E-state index in [4.69, 9.17) is 0 Å². The number of phenolic OH excluding ortho intramolecular Hbond substituents is 2. The van der Waals surface area contributed by atoms with Gasteiger partial charge in [-0.2, -0.15) is 0 Å². The number of rotatable bonds is 7. The van der Waals surface area contributed by atoms with Crippen LogP contribution in [0.25, 0.3) is 65.3 Å². The summed E-state index contributed by atoms with van der Waals surface area (Å²) in [6, 6.07) is 49.0. The number of hydrogen-bond acceptors (Lipinski definition) is 4. The molecule has 222 valence electrons. The first-order valence-electron chi connectivity index (χ1n) is 15.6. The summed E-state index contributed by atoms with van der Waals surface area (Å²) in [7, 11) is 0. The second kappa shape index (κ2) is 11.5. The van der Waals surface area contributed by atoms with E-state index in [9.17, 15) is 10.2 Å². The van der Waals surface area contributed by atoms with Crippen molar-refractivity contribution in [2.24, 2.45) is 0 Å². The first kappa shape index (κ1) is 27.5. The highest BCUT2D eigenvalue weighted by molar-refractivity contribution is 6.13. The van der Waals surface area contributed by atoms with Crippen molar-refractivity contribution in [3.63, 3.8) is 0 Å². The molecule has 0 amide bonds. The van der Waals surface area contributed by atoms with Gasteiger partial charge in [-0.25, -0.2) is 0 Å². The minimum atomic E-state index is 0.256. The monoisotopic (exact) mass is 596 g/mol. The van der Waals surface area contributed by atoms with Crippen LogP contribution in [0.5, 0.6) is 11.5 Å². The third-order valence-electron chi connectivity index (χ3n) is 8.93. The van der Waals surface area contributed by atoms with Gasteiger partial charge in [0, 0.05) is 46.7 Å². The molecule has 0 saturated carbocycles. The molecular formula is C42H32N2O2. The van der Waals surface area contributed by atoms with Crippen LogP contribution in [0.1, 0.15) is 0 Å². The van der Waals surface area contributed by atoms with Crippen molar-refractivity contribution in [3.05, 3.63) is 146 Å². The van der Waals surface area contributed by atoms with Gasteiger partial charge < -0.3 is 20.8 Å². The van der Waals surface area contributed by atoms with Crippen molar-refractivity contribution >= 4 is 54.5 Å². The Morgan fingerprint density at radius 1 is 0.326 bits per heavy atom. The molecule has 0 spiro atoms. The number of aromatic hydroxyl groups is 2. The lowest BCUT2D eigenvalue weighted by Gasteiger charge is -2.20. The predicted octanol–water partition coefficient (Wildman–Crippen LogP) is 10.6. The fourth-order valence-electron chi connectivity index (χ4n) is 6.82. The van der Waals surface area contributed by atoms with Gasteiger partial charge in [0.2, 0.25) is 0 Å².